The third kappa shape index (κ3) is 4.21. The summed E-state index contributed by atoms with van der Waals surface area (Å²) in [6.45, 7) is -0.0418. The van der Waals surface area contributed by atoms with Crippen molar-refractivity contribution in [3.63, 3.8) is 0 Å². The van der Waals surface area contributed by atoms with E-state index in [4.69, 9.17) is 11.6 Å². The van der Waals surface area contributed by atoms with Crippen LogP contribution in [0.2, 0.25) is 5.02 Å². The summed E-state index contributed by atoms with van der Waals surface area (Å²) in [5.41, 5.74) is 0.861. The molecule has 0 fully saturated rings. The standard InChI is InChI=1S/C14H11BrClFN2O/c15-9-4-5-12(17)13(6-9)18-8-14(20)19-11-3-1-2-10(16)7-11/h1-7,18H,8H2,(H,19,20). The van der Waals surface area contributed by atoms with Crippen LogP contribution in [0.5, 0.6) is 0 Å². The van der Waals surface area contributed by atoms with Gasteiger partial charge in [0.2, 0.25) is 5.91 Å². The summed E-state index contributed by atoms with van der Waals surface area (Å²) >= 11 is 9.06. The van der Waals surface area contributed by atoms with Crippen molar-refractivity contribution in [1.29, 1.82) is 0 Å². The second-order valence-corrected chi connectivity index (χ2v) is 5.39. The molecule has 104 valence electrons. The van der Waals surface area contributed by atoms with Gasteiger partial charge in [0, 0.05) is 15.2 Å². The Balaban J connectivity index is 1.94. The molecule has 2 rings (SSSR count). The number of nitrogens with one attached hydrogen (secondary N) is 2. The first-order valence-corrected chi connectivity index (χ1v) is 6.96. The number of anilines is 2. The fourth-order valence-electron chi connectivity index (χ4n) is 1.58. The predicted octanol–water partition coefficient (Wildman–Crippen LogP) is 4.29. The first-order valence-electron chi connectivity index (χ1n) is 5.79. The Hall–Kier alpha value is -1.59. The van der Waals surface area contributed by atoms with Crippen LogP contribution in [0, 0.1) is 5.82 Å². The molecule has 2 aromatic carbocycles. The zero-order chi connectivity index (χ0) is 14.5. The van der Waals surface area contributed by atoms with E-state index in [-0.39, 0.29) is 18.1 Å². The highest BCUT2D eigenvalue weighted by Gasteiger charge is 2.06. The van der Waals surface area contributed by atoms with E-state index < -0.39 is 5.82 Å². The summed E-state index contributed by atoms with van der Waals surface area (Å²) in [6, 6.07) is 11.3. The molecule has 0 aliphatic heterocycles. The quantitative estimate of drug-likeness (QED) is 0.857. The van der Waals surface area contributed by atoms with Gasteiger partial charge in [-0.15, -0.1) is 0 Å². The summed E-state index contributed by atoms with van der Waals surface area (Å²) in [5, 5.41) is 5.94. The number of hydrogen-bond donors (Lipinski definition) is 2. The molecule has 0 aliphatic rings. The molecule has 0 heterocycles. The fourth-order valence-corrected chi connectivity index (χ4v) is 2.13. The van der Waals surface area contributed by atoms with E-state index in [0.29, 0.717) is 10.7 Å². The molecule has 3 nitrogen and oxygen atoms in total. The van der Waals surface area contributed by atoms with Crippen molar-refractivity contribution in [3.8, 4) is 0 Å². The summed E-state index contributed by atoms with van der Waals surface area (Å²) in [4.78, 5) is 11.7. The molecule has 0 saturated carbocycles. The van der Waals surface area contributed by atoms with Crippen molar-refractivity contribution in [2.75, 3.05) is 17.2 Å². The summed E-state index contributed by atoms with van der Waals surface area (Å²) in [5.74, 6) is -0.699. The van der Waals surface area contributed by atoms with Gasteiger partial charge in [0.1, 0.15) is 5.82 Å². The minimum Gasteiger partial charge on any atom is -0.374 e. The Morgan fingerprint density at radius 2 is 2.05 bits per heavy atom. The lowest BCUT2D eigenvalue weighted by atomic mass is 10.3. The van der Waals surface area contributed by atoms with Crippen LogP contribution >= 0.6 is 27.5 Å². The van der Waals surface area contributed by atoms with Gasteiger partial charge < -0.3 is 10.6 Å². The van der Waals surface area contributed by atoms with Crippen molar-refractivity contribution in [2.45, 2.75) is 0 Å². The zero-order valence-corrected chi connectivity index (χ0v) is 12.6. The smallest absolute Gasteiger partial charge is 0.243 e. The topological polar surface area (TPSA) is 41.1 Å². The van der Waals surface area contributed by atoms with Crippen LogP contribution in [0.25, 0.3) is 0 Å². The van der Waals surface area contributed by atoms with Gasteiger partial charge in [-0.1, -0.05) is 33.6 Å². The average molecular weight is 358 g/mol. The van der Waals surface area contributed by atoms with Gasteiger partial charge in [-0.25, -0.2) is 4.39 Å². The van der Waals surface area contributed by atoms with E-state index in [1.807, 2.05) is 0 Å². The normalized spacial score (nSPS) is 10.2. The Labute approximate surface area is 129 Å². The number of amides is 1. The van der Waals surface area contributed by atoms with Crippen LogP contribution in [0.1, 0.15) is 0 Å². The molecule has 0 radical (unpaired) electrons. The highest BCUT2D eigenvalue weighted by atomic mass is 79.9. The van der Waals surface area contributed by atoms with Crippen molar-refractivity contribution in [2.24, 2.45) is 0 Å². The van der Waals surface area contributed by atoms with Gasteiger partial charge in [0.05, 0.1) is 12.2 Å². The molecule has 0 spiro atoms. The minimum atomic E-state index is -0.413. The van der Waals surface area contributed by atoms with Crippen LogP contribution < -0.4 is 10.6 Å². The molecule has 2 aromatic rings. The van der Waals surface area contributed by atoms with Crippen molar-refractivity contribution >= 4 is 44.8 Å². The first-order chi connectivity index (χ1) is 9.54. The average Bonchev–Trinajstić information content (AvgIpc) is 2.40. The molecule has 0 bridgehead atoms. The largest absolute Gasteiger partial charge is 0.374 e. The van der Waals surface area contributed by atoms with E-state index in [9.17, 15) is 9.18 Å². The minimum absolute atomic E-state index is 0.0418. The molecule has 0 saturated heterocycles. The van der Waals surface area contributed by atoms with Crippen LogP contribution in [-0.4, -0.2) is 12.5 Å². The number of hydrogen-bond acceptors (Lipinski definition) is 2. The van der Waals surface area contributed by atoms with Crippen LogP contribution in [0.3, 0.4) is 0 Å². The summed E-state index contributed by atoms with van der Waals surface area (Å²) < 4.78 is 14.2. The maximum absolute atomic E-state index is 13.5. The first kappa shape index (κ1) is 14.8. The maximum Gasteiger partial charge on any atom is 0.243 e. The molecule has 0 unspecified atom stereocenters. The molecular formula is C14H11BrClFN2O. The van der Waals surface area contributed by atoms with E-state index >= 15 is 0 Å². The molecule has 2 N–H and O–H groups in total. The molecule has 1 amide bonds. The molecule has 0 aliphatic carbocycles. The third-order valence-electron chi connectivity index (χ3n) is 2.48. The number of carbonyl (C=O) groups excluding carboxylic acids is 1. The van der Waals surface area contributed by atoms with E-state index in [1.165, 1.54) is 6.07 Å². The van der Waals surface area contributed by atoms with Crippen molar-refractivity contribution < 1.29 is 9.18 Å². The number of halogens is 3. The number of benzene rings is 2. The summed E-state index contributed by atoms with van der Waals surface area (Å²) in [6.07, 6.45) is 0. The van der Waals surface area contributed by atoms with Crippen molar-refractivity contribution in [3.05, 3.63) is 57.8 Å². The molecule has 20 heavy (non-hydrogen) atoms. The lowest BCUT2D eigenvalue weighted by molar-refractivity contribution is -0.114. The molecule has 0 atom stereocenters. The van der Waals surface area contributed by atoms with Gasteiger partial charge >= 0.3 is 0 Å². The summed E-state index contributed by atoms with van der Waals surface area (Å²) in [7, 11) is 0. The van der Waals surface area contributed by atoms with Crippen LogP contribution in [-0.2, 0) is 4.79 Å². The Bertz CT molecular complexity index is 636. The number of carbonyl (C=O) groups is 1. The Morgan fingerprint density at radius 3 is 2.80 bits per heavy atom. The molecule has 0 aromatic heterocycles. The van der Waals surface area contributed by atoms with E-state index in [0.717, 1.165) is 4.47 Å². The Morgan fingerprint density at radius 1 is 1.25 bits per heavy atom. The second-order valence-electron chi connectivity index (χ2n) is 4.04. The monoisotopic (exact) mass is 356 g/mol. The lowest BCUT2D eigenvalue weighted by Gasteiger charge is -2.09. The highest BCUT2D eigenvalue weighted by Crippen LogP contribution is 2.20. The zero-order valence-electron chi connectivity index (χ0n) is 10.3. The van der Waals surface area contributed by atoms with Gasteiger partial charge in [-0.2, -0.15) is 0 Å². The molecular weight excluding hydrogens is 347 g/mol. The number of rotatable bonds is 4. The van der Waals surface area contributed by atoms with Crippen LogP contribution in [0.15, 0.2) is 46.9 Å². The van der Waals surface area contributed by atoms with E-state index in [2.05, 4.69) is 26.6 Å². The third-order valence-corrected chi connectivity index (χ3v) is 3.20. The van der Waals surface area contributed by atoms with Crippen molar-refractivity contribution in [1.82, 2.24) is 0 Å². The Kier molecular flexibility index (Phi) is 4.98. The van der Waals surface area contributed by atoms with Crippen LogP contribution in [0.4, 0.5) is 15.8 Å². The maximum atomic E-state index is 13.5. The van der Waals surface area contributed by atoms with Gasteiger partial charge in [0.15, 0.2) is 0 Å². The van der Waals surface area contributed by atoms with Gasteiger partial charge in [-0.3, -0.25) is 4.79 Å². The SMILES string of the molecule is O=C(CNc1cc(Br)ccc1F)Nc1cccc(Cl)c1. The fraction of sp³-hybridized carbons (Fsp3) is 0.0714. The molecule has 6 heteroatoms. The lowest BCUT2D eigenvalue weighted by Crippen LogP contribution is -2.22. The second kappa shape index (κ2) is 6.72. The van der Waals surface area contributed by atoms with E-state index in [1.54, 1.807) is 36.4 Å². The predicted molar refractivity (Wildman–Crippen MR) is 82.7 cm³/mol. The van der Waals surface area contributed by atoms with Gasteiger partial charge in [0.25, 0.3) is 0 Å². The van der Waals surface area contributed by atoms with Gasteiger partial charge in [-0.05, 0) is 36.4 Å². The highest BCUT2D eigenvalue weighted by molar-refractivity contribution is 9.10.